The summed E-state index contributed by atoms with van der Waals surface area (Å²) in [4.78, 5) is 2.38. The highest BCUT2D eigenvalue weighted by Gasteiger charge is 2.25. The molecule has 4 nitrogen and oxygen atoms in total. The quantitative estimate of drug-likeness (QED) is 0.834. The molecule has 2 heterocycles. The first kappa shape index (κ1) is 10.7. The number of nitrogens with zero attached hydrogens (tertiary/aromatic N) is 2. The maximum Gasteiger partial charge on any atom is 0.142 e. The van der Waals surface area contributed by atoms with E-state index < -0.39 is 0 Å². The summed E-state index contributed by atoms with van der Waals surface area (Å²) in [5.74, 6) is 0.663. The zero-order valence-electron chi connectivity index (χ0n) is 9.19. The van der Waals surface area contributed by atoms with Gasteiger partial charge in [0.05, 0.1) is 19.3 Å². The van der Waals surface area contributed by atoms with Crippen LogP contribution in [0.1, 0.15) is 18.9 Å². The number of hydrogen-bond donors (Lipinski definition) is 1. The van der Waals surface area contributed by atoms with Crippen LogP contribution in [-0.4, -0.2) is 30.2 Å². The predicted molar refractivity (Wildman–Crippen MR) is 63.5 cm³/mol. The summed E-state index contributed by atoms with van der Waals surface area (Å²) in [7, 11) is 0. The maximum absolute atomic E-state index is 5.78. The Bertz CT molecular complexity index is 339. The Balaban J connectivity index is 2.24. The van der Waals surface area contributed by atoms with Crippen LogP contribution in [0.4, 0.5) is 10.8 Å². The largest absolute Gasteiger partial charge is 0.383 e. The average Bonchev–Trinajstić information content (AvgIpc) is 2.60. The number of hydrogen-bond acceptors (Lipinski definition) is 5. The molecule has 0 bridgehead atoms. The van der Waals surface area contributed by atoms with E-state index in [2.05, 4.69) is 16.2 Å². The minimum absolute atomic E-state index is 0.470. The molecule has 1 fully saturated rings. The molecule has 1 unspecified atom stereocenters. The van der Waals surface area contributed by atoms with Crippen LogP contribution in [0.15, 0.2) is 0 Å². The zero-order chi connectivity index (χ0) is 10.8. The molecule has 2 N–H and O–H groups in total. The van der Waals surface area contributed by atoms with Crippen molar-refractivity contribution in [1.82, 2.24) is 4.37 Å². The summed E-state index contributed by atoms with van der Waals surface area (Å²) in [6.45, 7) is 6.78. The number of aromatic nitrogens is 1. The van der Waals surface area contributed by atoms with E-state index in [4.69, 9.17) is 10.5 Å². The molecule has 0 amide bonds. The molecule has 0 saturated carbocycles. The van der Waals surface area contributed by atoms with Gasteiger partial charge in [0.25, 0.3) is 0 Å². The zero-order valence-corrected chi connectivity index (χ0v) is 10.0. The minimum atomic E-state index is 0.470. The van der Waals surface area contributed by atoms with E-state index in [1.807, 2.05) is 6.92 Å². The summed E-state index contributed by atoms with van der Waals surface area (Å²) in [6.07, 6.45) is 1.09. The molecule has 1 aromatic heterocycles. The van der Waals surface area contributed by atoms with E-state index in [1.165, 1.54) is 16.5 Å². The molecule has 1 saturated heterocycles. The first-order valence-electron chi connectivity index (χ1n) is 5.30. The van der Waals surface area contributed by atoms with Crippen LogP contribution in [0.5, 0.6) is 0 Å². The summed E-state index contributed by atoms with van der Waals surface area (Å²) in [6, 6.07) is 0.470. The van der Waals surface area contributed by atoms with Gasteiger partial charge in [-0.1, -0.05) is 6.92 Å². The van der Waals surface area contributed by atoms with Gasteiger partial charge < -0.3 is 15.4 Å². The Morgan fingerprint density at radius 1 is 1.67 bits per heavy atom. The van der Waals surface area contributed by atoms with Gasteiger partial charge in [-0.3, -0.25) is 0 Å². The van der Waals surface area contributed by atoms with Crippen LogP contribution in [0.2, 0.25) is 0 Å². The van der Waals surface area contributed by atoms with E-state index in [-0.39, 0.29) is 0 Å². The maximum atomic E-state index is 5.78. The second-order valence-electron chi connectivity index (χ2n) is 3.83. The van der Waals surface area contributed by atoms with Gasteiger partial charge in [0, 0.05) is 12.1 Å². The van der Waals surface area contributed by atoms with Crippen molar-refractivity contribution >= 4 is 22.4 Å². The number of rotatable bonds is 2. The van der Waals surface area contributed by atoms with Crippen molar-refractivity contribution in [2.24, 2.45) is 0 Å². The van der Waals surface area contributed by atoms with Crippen molar-refractivity contribution < 1.29 is 4.74 Å². The fourth-order valence-electron chi connectivity index (χ4n) is 1.87. The SMILES string of the molecule is CCC1COCCN1c1snc(N)c1C. The minimum Gasteiger partial charge on any atom is -0.383 e. The number of morpholine rings is 1. The van der Waals surface area contributed by atoms with Crippen molar-refractivity contribution in [2.75, 3.05) is 30.4 Å². The highest BCUT2D eigenvalue weighted by atomic mass is 32.1. The first-order chi connectivity index (χ1) is 7.24. The summed E-state index contributed by atoms with van der Waals surface area (Å²) >= 11 is 1.50. The van der Waals surface area contributed by atoms with Crippen molar-refractivity contribution in [3.8, 4) is 0 Å². The summed E-state index contributed by atoms with van der Waals surface area (Å²) in [5, 5.41) is 1.21. The van der Waals surface area contributed by atoms with Gasteiger partial charge in [0.2, 0.25) is 0 Å². The Morgan fingerprint density at radius 2 is 2.47 bits per heavy atom. The van der Waals surface area contributed by atoms with E-state index in [1.54, 1.807) is 0 Å². The molecule has 1 aliphatic heterocycles. The third kappa shape index (κ3) is 1.94. The molecular weight excluding hydrogens is 210 g/mol. The van der Waals surface area contributed by atoms with Crippen molar-refractivity contribution in [3.63, 3.8) is 0 Å². The molecule has 15 heavy (non-hydrogen) atoms. The smallest absolute Gasteiger partial charge is 0.142 e. The van der Waals surface area contributed by atoms with Crippen LogP contribution in [0.3, 0.4) is 0 Å². The van der Waals surface area contributed by atoms with Crippen LogP contribution < -0.4 is 10.6 Å². The fraction of sp³-hybridized carbons (Fsp3) is 0.700. The van der Waals surface area contributed by atoms with Gasteiger partial charge in [-0.05, 0) is 24.9 Å². The van der Waals surface area contributed by atoms with E-state index >= 15 is 0 Å². The number of ether oxygens (including phenoxy) is 1. The molecule has 0 spiro atoms. The fourth-order valence-corrected chi connectivity index (χ4v) is 2.78. The third-order valence-electron chi connectivity index (χ3n) is 2.90. The monoisotopic (exact) mass is 227 g/mol. The molecule has 5 heteroatoms. The molecule has 2 rings (SSSR count). The Hall–Kier alpha value is -0.810. The van der Waals surface area contributed by atoms with Gasteiger partial charge in [-0.25, -0.2) is 0 Å². The standard InChI is InChI=1S/C10H17N3OS/c1-3-8-6-14-5-4-13(8)10-7(2)9(11)12-15-10/h8H,3-6H2,1-2H3,(H2,11,12). The van der Waals surface area contributed by atoms with Crippen LogP contribution in [-0.2, 0) is 4.74 Å². The van der Waals surface area contributed by atoms with Gasteiger partial charge in [-0.2, -0.15) is 4.37 Å². The molecule has 0 aliphatic carbocycles. The van der Waals surface area contributed by atoms with Crippen molar-refractivity contribution in [3.05, 3.63) is 5.56 Å². The Morgan fingerprint density at radius 3 is 3.07 bits per heavy atom. The van der Waals surface area contributed by atoms with Gasteiger partial charge in [0.1, 0.15) is 10.8 Å². The van der Waals surface area contributed by atoms with Crippen LogP contribution in [0, 0.1) is 6.92 Å². The van der Waals surface area contributed by atoms with E-state index in [9.17, 15) is 0 Å². The molecule has 1 aliphatic rings. The second-order valence-corrected chi connectivity index (χ2v) is 4.58. The Kier molecular flexibility index (Phi) is 3.11. The molecule has 0 aromatic carbocycles. The lowest BCUT2D eigenvalue weighted by atomic mass is 10.1. The summed E-state index contributed by atoms with van der Waals surface area (Å²) < 4.78 is 9.68. The van der Waals surface area contributed by atoms with Crippen molar-refractivity contribution in [1.29, 1.82) is 0 Å². The predicted octanol–water partition coefficient (Wildman–Crippen LogP) is 1.65. The topological polar surface area (TPSA) is 51.4 Å². The first-order valence-corrected chi connectivity index (χ1v) is 6.07. The van der Waals surface area contributed by atoms with Crippen molar-refractivity contribution in [2.45, 2.75) is 26.3 Å². The average molecular weight is 227 g/mol. The normalized spacial score (nSPS) is 22.0. The molecule has 84 valence electrons. The molecular formula is C10H17N3OS. The lowest BCUT2D eigenvalue weighted by Crippen LogP contribution is -2.45. The van der Waals surface area contributed by atoms with E-state index in [0.29, 0.717) is 11.9 Å². The highest BCUT2D eigenvalue weighted by molar-refractivity contribution is 7.10. The molecule has 1 atom stereocenters. The third-order valence-corrected chi connectivity index (χ3v) is 3.90. The van der Waals surface area contributed by atoms with Gasteiger partial charge in [0.15, 0.2) is 0 Å². The lowest BCUT2D eigenvalue weighted by Gasteiger charge is -2.36. The number of anilines is 2. The highest BCUT2D eigenvalue weighted by Crippen LogP contribution is 2.32. The molecule has 0 radical (unpaired) electrons. The summed E-state index contributed by atoms with van der Waals surface area (Å²) in [5.41, 5.74) is 6.89. The lowest BCUT2D eigenvalue weighted by molar-refractivity contribution is 0.0933. The number of nitrogen functional groups attached to an aromatic ring is 1. The van der Waals surface area contributed by atoms with Gasteiger partial charge in [-0.15, -0.1) is 0 Å². The second kappa shape index (κ2) is 4.37. The van der Waals surface area contributed by atoms with Gasteiger partial charge >= 0.3 is 0 Å². The van der Waals surface area contributed by atoms with E-state index in [0.717, 1.165) is 31.7 Å². The Labute approximate surface area is 94.2 Å². The molecule has 1 aromatic rings. The van der Waals surface area contributed by atoms with Crippen LogP contribution in [0.25, 0.3) is 0 Å². The number of nitrogens with two attached hydrogens (primary N) is 1. The van der Waals surface area contributed by atoms with Crippen LogP contribution >= 0.6 is 11.5 Å².